The van der Waals surface area contributed by atoms with Crippen LogP contribution in [0.15, 0.2) is 53.6 Å². The number of halogens is 2. The van der Waals surface area contributed by atoms with E-state index in [1.54, 1.807) is 30.5 Å². The van der Waals surface area contributed by atoms with Crippen molar-refractivity contribution in [2.75, 3.05) is 41.9 Å². The molecule has 0 bridgehead atoms. The molecule has 2 N–H and O–H groups in total. The van der Waals surface area contributed by atoms with Gasteiger partial charge in [-0.15, -0.1) is 0 Å². The van der Waals surface area contributed by atoms with E-state index in [-0.39, 0.29) is 11.8 Å². The predicted molar refractivity (Wildman–Crippen MR) is 115 cm³/mol. The predicted octanol–water partition coefficient (Wildman–Crippen LogP) is 3.69. The van der Waals surface area contributed by atoms with Crippen LogP contribution in [0.25, 0.3) is 0 Å². The number of nitrogens with zero attached hydrogens (tertiary/aromatic N) is 5. The average molecular weight is 428 g/mol. The number of rotatable bonds is 6. The molecule has 0 unspecified atom stereocenters. The standard InChI is InChI=1S/C20H19ClFN7O/c21-15-3-7-17(8-4-15)24-18-25-19(27-20(26-18)29-9-11-30-12-10-29)28-23-13-14-1-5-16(22)6-2-14/h1-8,13H,9-12H2,(H2,24,25,26,27,28)/b23-13+. The zero-order valence-electron chi connectivity index (χ0n) is 15.9. The van der Waals surface area contributed by atoms with Crippen molar-refractivity contribution in [3.8, 4) is 0 Å². The first-order valence-corrected chi connectivity index (χ1v) is 9.69. The highest BCUT2D eigenvalue weighted by atomic mass is 35.5. The molecule has 154 valence electrons. The molecule has 3 aromatic rings. The summed E-state index contributed by atoms with van der Waals surface area (Å²) in [7, 11) is 0. The maximum atomic E-state index is 13.0. The van der Waals surface area contributed by atoms with Crippen LogP contribution in [0.3, 0.4) is 0 Å². The van der Waals surface area contributed by atoms with E-state index in [0.29, 0.717) is 43.2 Å². The molecule has 30 heavy (non-hydrogen) atoms. The fourth-order valence-electron chi connectivity index (χ4n) is 2.75. The second-order valence-electron chi connectivity index (χ2n) is 6.44. The Morgan fingerprint density at radius 2 is 1.67 bits per heavy atom. The van der Waals surface area contributed by atoms with Crippen LogP contribution in [0.4, 0.5) is 27.9 Å². The molecule has 8 nitrogen and oxygen atoms in total. The minimum Gasteiger partial charge on any atom is -0.378 e. The van der Waals surface area contributed by atoms with E-state index in [0.717, 1.165) is 11.3 Å². The van der Waals surface area contributed by atoms with Crippen LogP contribution in [0.5, 0.6) is 0 Å². The van der Waals surface area contributed by atoms with Crippen LogP contribution in [0.2, 0.25) is 5.02 Å². The van der Waals surface area contributed by atoms with Crippen molar-refractivity contribution in [2.45, 2.75) is 0 Å². The first-order chi connectivity index (χ1) is 14.7. The van der Waals surface area contributed by atoms with E-state index >= 15 is 0 Å². The van der Waals surface area contributed by atoms with E-state index < -0.39 is 0 Å². The highest BCUT2D eigenvalue weighted by Crippen LogP contribution is 2.20. The number of hydrogen-bond donors (Lipinski definition) is 2. The van der Waals surface area contributed by atoms with Gasteiger partial charge in [0.15, 0.2) is 0 Å². The molecule has 1 saturated heterocycles. The number of nitrogens with one attached hydrogen (secondary N) is 2. The lowest BCUT2D eigenvalue weighted by Crippen LogP contribution is -2.37. The third-order valence-corrected chi connectivity index (χ3v) is 4.52. The molecule has 0 amide bonds. The van der Waals surface area contributed by atoms with E-state index in [1.807, 2.05) is 17.0 Å². The fourth-order valence-corrected chi connectivity index (χ4v) is 2.88. The highest BCUT2D eigenvalue weighted by Gasteiger charge is 2.16. The lowest BCUT2D eigenvalue weighted by molar-refractivity contribution is 0.122. The maximum absolute atomic E-state index is 13.0. The van der Waals surface area contributed by atoms with Crippen molar-refractivity contribution in [3.05, 3.63) is 64.9 Å². The van der Waals surface area contributed by atoms with Crippen LogP contribution in [-0.2, 0) is 4.74 Å². The summed E-state index contributed by atoms with van der Waals surface area (Å²) in [6.45, 7) is 2.58. The van der Waals surface area contributed by atoms with Gasteiger partial charge in [-0.05, 0) is 42.0 Å². The summed E-state index contributed by atoms with van der Waals surface area (Å²) in [6.07, 6.45) is 1.56. The molecular weight excluding hydrogens is 409 g/mol. The van der Waals surface area contributed by atoms with E-state index in [9.17, 15) is 4.39 Å². The quantitative estimate of drug-likeness (QED) is 0.458. The van der Waals surface area contributed by atoms with Crippen LogP contribution in [0.1, 0.15) is 5.56 Å². The minimum absolute atomic E-state index is 0.279. The molecule has 0 saturated carbocycles. The van der Waals surface area contributed by atoms with Gasteiger partial charge < -0.3 is 15.0 Å². The van der Waals surface area contributed by atoms with Gasteiger partial charge in [0.1, 0.15) is 5.82 Å². The SMILES string of the molecule is Fc1ccc(/C=N/Nc2nc(Nc3ccc(Cl)cc3)nc(N3CCOCC3)n2)cc1. The Hall–Kier alpha value is -3.30. The van der Waals surface area contributed by atoms with Crippen molar-refractivity contribution in [2.24, 2.45) is 5.10 Å². The van der Waals surface area contributed by atoms with Crippen LogP contribution >= 0.6 is 11.6 Å². The fraction of sp³-hybridized carbons (Fsp3) is 0.200. The van der Waals surface area contributed by atoms with Crippen molar-refractivity contribution < 1.29 is 9.13 Å². The zero-order valence-corrected chi connectivity index (χ0v) is 16.7. The summed E-state index contributed by atoms with van der Waals surface area (Å²) in [5.74, 6) is 0.865. The van der Waals surface area contributed by atoms with Crippen LogP contribution in [0, 0.1) is 5.82 Å². The van der Waals surface area contributed by atoms with Gasteiger partial charge in [0.25, 0.3) is 0 Å². The van der Waals surface area contributed by atoms with Gasteiger partial charge in [0, 0.05) is 23.8 Å². The topological polar surface area (TPSA) is 87.6 Å². The van der Waals surface area contributed by atoms with Gasteiger partial charge in [0.2, 0.25) is 17.8 Å². The molecule has 0 spiro atoms. The normalized spacial score (nSPS) is 14.1. The van der Waals surface area contributed by atoms with Gasteiger partial charge in [0.05, 0.1) is 19.4 Å². The minimum atomic E-state index is -0.300. The number of hydrogen-bond acceptors (Lipinski definition) is 8. The third-order valence-electron chi connectivity index (χ3n) is 4.27. The van der Waals surface area contributed by atoms with Gasteiger partial charge in [-0.1, -0.05) is 23.7 Å². The first kappa shape index (κ1) is 20.0. The molecule has 1 fully saturated rings. The van der Waals surface area contributed by atoms with E-state index in [1.165, 1.54) is 12.1 Å². The molecular formula is C20H19ClFN7O. The second kappa shape index (κ2) is 9.47. The van der Waals surface area contributed by atoms with Gasteiger partial charge in [-0.25, -0.2) is 9.82 Å². The van der Waals surface area contributed by atoms with Gasteiger partial charge >= 0.3 is 0 Å². The third kappa shape index (κ3) is 5.40. The molecule has 4 rings (SSSR count). The van der Waals surface area contributed by atoms with E-state index in [2.05, 4.69) is 30.8 Å². The van der Waals surface area contributed by atoms with Gasteiger partial charge in [-0.2, -0.15) is 20.1 Å². The Morgan fingerprint density at radius 1 is 0.967 bits per heavy atom. The summed E-state index contributed by atoms with van der Waals surface area (Å²) in [5.41, 5.74) is 4.35. The van der Waals surface area contributed by atoms with Crippen molar-refractivity contribution in [1.82, 2.24) is 15.0 Å². The summed E-state index contributed by atoms with van der Waals surface area (Å²) in [6, 6.07) is 13.2. The molecule has 2 aromatic carbocycles. The lowest BCUT2D eigenvalue weighted by Gasteiger charge is -2.27. The largest absolute Gasteiger partial charge is 0.378 e. The number of ether oxygens (including phenoxy) is 1. The van der Waals surface area contributed by atoms with Crippen LogP contribution in [-0.4, -0.2) is 47.5 Å². The molecule has 2 heterocycles. The molecule has 0 aliphatic carbocycles. The molecule has 1 aliphatic rings. The Kier molecular flexibility index (Phi) is 6.31. The average Bonchev–Trinajstić information content (AvgIpc) is 2.77. The second-order valence-corrected chi connectivity index (χ2v) is 6.87. The number of hydrazone groups is 1. The van der Waals surface area contributed by atoms with Crippen molar-refractivity contribution >= 4 is 41.3 Å². The summed E-state index contributed by atoms with van der Waals surface area (Å²) in [5, 5.41) is 7.94. The molecule has 10 heteroatoms. The molecule has 1 aliphatic heterocycles. The highest BCUT2D eigenvalue weighted by molar-refractivity contribution is 6.30. The Labute approximate surface area is 177 Å². The van der Waals surface area contributed by atoms with Crippen molar-refractivity contribution in [1.29, 1.82) is 0 Å². The number of aromatic nitrogens is 3. The number of benzene rings is 2. The van der Waals surface area contributed by atoms with Crippen molar-refractivity contribution in [3.63, 3.8) is 0 Å². The summed E-state index contributed by atoms with van der Waals surface area (Å²) < 4.78 is 18.4. The maximum Gasteiger partial charge on any atom is 0.250 e. The van der Waals surface area contributed by atoms with E-state index in [4.69, 9.17) is 16.3 Å². The molecule has 0 radical (unpaired) electrons. The lowest BCUT2D eigenvalue weighted by atomic mass is 10.2. The van der Waals surface area contributed by atoms with Gasteiger partial charge in [-0.3, -0.25) is 0 Å². The summed E-state index contributed by atoms with van der Waals surface area (Å²) in [4.78, 5) is 15.4. The summed E-state index contributed by atoms with van der Waals surface area (Å²) >= 11 is 5.95. The Morgan fingerprint density at radius 3 is 2.40 bits per heavy atom. The zero-order chi connectivity index (χ0) is 20.8. The smallest absolute Gasteiger partial charge is 0.250 e. The first-order valence-electron chi connectivity index (χ1n) is 9.32. The number of morpholine rings is 1. The Bertz CT molecular complexity index is 1010. The number of anilines is 4. The molecule has 0 atom stereocenters. The van der Waals surface area contributed by atoms with Crippen LogP contribution < -0.4 is 15.6 Å². The monoisotopic (exact) mass is 427 g/mol. The molecule has 1 aromatic heterocycles. The Balaban J connectivity index is 1.55.